The number of nitrogens with one attached hydrogen (secondary N) is 5. The molecule has 2 aliphatic heterocycles. The number of carbonyl (C=O) groups is 2. The average molecular weight is 633 g/mol. The molecular weight excluding hydrogens is 584 g/mol. The molecule has 2 fully saturated rings. The molecule has 10 atom stereocenters. The first kappa shape index (κ1) is 39.3. The Balaban J connectivity index is 0.00000139. The number of amides is 1. The molecule has 43 heavy (non-hydrogen) atoms. The number of nitrogens with two attached hydrogens (primary N) is 3. The number of carboxylic acid groups (broad SMARTS) is 1. The molecule has 2 rings (SSSR count). The van der Waals surface area contributed by atoms with Crippen molar-refractivity contribution in [1.29, 1.82) is 0 Å². The molecule has 0 saturated carbocycles. The highest BCUT2D eigenvalue weighted by atomic mass is 16.7. The zero-order chi connectivity index (χ0) is 32.4. The standard InChI is InChI=1S/C20H38N4O13.C2H10N4/c1-9-14(28)15(29)19(11(35-9)6-33-7-12(25)24-23-4-3-22-21)37-20-17(31)16(30)18(32-2)10(36-20)5-34-8-13(26)27;3-5-1-2-6-4/h9-11,14-20,22-23,28-31H,3-8,21H2,1-2H3,(H,24,25)(H,26,27);5-6H,1-4H2. The largest absolute Gasteiger partial charge is 0.480 e. The highest BCUT2D eigenvalue weighted by Gasteiger charge is 2.50. The molecular formula is C22H48N8O13. The van der Waals surface area contributed by atoms with E-state index in [0.717, 1.165) is 0 Å². The third-order valence-corrected chi connectivity index (χ3v) is 6.19. The minimum absolute atomic E-state index is 0.242. The Morgan fingerprint density at radius 2 is 1.30 bits per heavy atom. The summed E-state index contributed by atoms with van der Waals surface area (Å²) in [5.74, 6) is 13.1. The second-order valence-corrected chi connectivity index (χ2v) is 9.45. The van der Waals surface area contributed by atoms with Gasteiger partial charge in [0.1, 0.15) is 62.0 Å². The van der Waals surface area contributed by atoms with Crippen LogP contribution in [0.25, 0.3) is 0 Å². The van der Waals surface area contributed by atoms with Gasteiger partial charge in [0, 0.05) is 33.3 Å². The van der Waals surface area contributed by atoms with Gasteiger partial charge in [-0.2, -0.15) is 0 Å². The first-order chi connectivity index (χ1) is 20.5. The van der Waals surface area contributed by atoms with Crippen molar-refractivity contribution >= 4 is 11.9 Å². The molecule has 10 unspecified atom stereocenters. The summed E-state index contributed by atoms with van der Waals surface area (Å²) in [4.78, 5) is 22.6. The number of ether oxygens (including phenoxy) is 6. The summed E-state index contributed by atoms with van der Waals surface area (Å²) >= 11 is 0. The Morgan fingerprint density at radius 3 is 1.86 bits per heavy atom. The number of carboxylic acids is 1. The first-order valence-corrected chi connectivity index (χ1v) is 13.4. The van der Waals surface area contributed by atoms with Gasteiger partial charge in [-0.15, -0.1) is 0 Å². The highest BCUT2D eigenvalue weighted by molar-refractivity contribution is 5.76. The predicted molar refractivity (Wildman–Crippen MR) is 145 cm³/mol. The number of aliphatic carboxylic acids is 1. The van der Waals surface area contributed by atoms with Crippen molar-refractivity contribution in [3.8, 4) is 0 Å². The first-order valence-electron chi connectivity index (χ1n) is 13.4. The van der Waals surface area contributed by atoms with Gasteiger partial charge >= 0.3 is 5.97 Å². The molecule has 21 nitrogen and oxygen atoms in total. The van der Waals surface area contributed by atoms with Crippen LogP contribution in [0.4, 0.5) is 0 Å². The average Bonchev–Trinajstić information content (AvgIpc) is 2.97. The Kier molecular flexibility index (Phi) is 20.0. The van der Waals surface area contributed by atoms with Gasteiger partial charge in [0.25, 0.3) is 5.91 Å². The Hall–Kier alpha value is -1.74. The SMILES string of the molecule is COC1C(COCC(=O)O)OC(OC2C(COCC(=O)NNCCNN)OC(C)C(O)C2O)C(O)C1O.NNCCNN. The number of hydrogen-bond acceptors (Lipinski definition) is 19. The molecule has 21 heteroatoms. The molecule has 254 valence electrons. The second-order valence-electron chi connectivity index (χ2n) is 9.45. The van der Waals surface area contributed by atoms with Crippen molar-refractivity contribution in [2.75, 3.05) is 59.7 Å². The summed E-state index contributed by atoms with van der Waals surface area (Å²) in [7, 11) is 1.26. The minimum atomic E-state index is -1.65. The molecule has 1 amide bonds. The van der Waals surface area contributed by atoms with E-state index in [9.17, 15) is 30.0 Å². The lowest BCUT2D eigenvalue weighted by Gasteiger charge is -2.46. The second kappa shape index (κ2) is 21.9. The molecule has 0 radical (unpaired) electrons. The summed E-state index contributed by atoms with van der Waals surface area (Å²) < 4.78 is 32.7. The smallest absolute Gasteiger partial charge is 0.329 e. The van der Waals surface area contributed by atoms with E-state index < -0.39 is 79.7 Å². The number of hydrazine groups is 4. The topological polar surface area (TPSA) is 329 Å². The maximum atomic E-state index is 11.9. The lowest BCUT2D eigenvalue weighted by atomic mass is 9.95. The highest BCUT2D eigenvalue weighted by Crippen LogP contribution is 2.30. The van der Waals surface area contributed by atoms with Crippen LogP contribution in [0.1, 0.15) is 6.92 Å². The molecule has 0 aromatic rings. The van der Waals surface area contributed by atoms with E-state index in [1.54, 1.807) is 0 Å². The van der Waals surface area contributed by atoms with E-state index in [0.29, 0.717) is 26.2 Å². The molecule has 2 aliphatic rings. The van der Waals surface area contributed by atoms with Crippen LogP contribution in [0.15, 0.2) is 0 Å². The Morgan fingerprint density at radius 1 is 0.767 bits per heavy atom. The van der Waals surface area contributed by atoms with E-state index in [1.807, 2.05) is 0 Å². The molecule has 0 bridgehead atoms. The number of hydrogen-bond donors (Lipinski definition) is 13. The molecule has 0 spiro atoms. The fourth-order valence-corrected chi connectivity index (χ4v) is 4.03. The van der Waals surface area contributed by atoms with E-state index in [-0.39, 0.29) is 19.8 Å². The number of aliphatic hydroxyl groups excluding tert-OH is 4. The predicted octanol–water partition coefficient (Wildman–Crippen LogP) is -7.54. The third-order valence-electron chi connectivity index (χ3n) is 6.19. The Bertz CT molecular complexity index is 775. The van der Waals surface area contributed by atoms with Crippen LogP contribution in [-0.2, 0) is 38.0 Å². The van der Waals surface area contributed by atoms with Gasteiger partial charge in [-0.3, -0.25) is 44.0 Å². The minimum Gasteiger partial charge on any atom is -0.480 e. The van der Waals surface area contributed by atoms with Crippen molar-refractivity contribution in [1.82, 2.24) is 27.1 Å². The van der Waals surface area contributed by atoms with Crippen LogP contribution in [0, 0.1) is 0 Å². The molecule has 2 heterocycles. The fraction of sp³-hybridized carbons (Fsp3) is 0.909. The number of methoxy groups -OCH3 is 1. The van der Waals surface area contributed by atoms with Gasteiger partial charge in [0.15, 0.2) is 6.29 Å². The van der Waals surface area contributed by atoms with Crippen LogP contribution < -0.4 is 44.7 Å². The lowest BCUT2D eigenvalue weighted by Crippen LogP contribution is -2.64. The van der Waals surface area contributed by atoms with Crippen molar-refractivity contribution in [3.63, 3.8) is 0 Å². The van der Waals surface area contributed by atoms with Crippen molar-refractivity contribution in [2.45, 2.75) is 68.1 Å². The van der Waals surface area contributed by atoms with Gasteiger partial charge in [-0.1, -0.05) is 0 Å². The third kappa shape index (κ3) is 13.8. The maximum absolute atomic E-state index is 11.9. The van der Waals surface area contributed by atoms with E-state index in [2.05, 4.69) is 27.1 Å². The Labute approximate surface area is 248 Å². The number of rotatable bonds is 18. The van der Waals surface area contributed by atoms with E-state index in [1.165, 1.54) is 14.0 Å². The van der Waals surface area contributed by atoms with Crippen LogP contribution in [0.2, 0.25) is 0 Å². The summed E-state index contributed by atoms with van der Waals surface area (Å²) in [6.45, 7) is 2.15. The molecule has 2 saturated heterocycles. The maximum Gasteiger partial charge on any atom is 0.329 e. The fourth-order valence-electron chi connectivity index (χ4n) is 4.03. The summed E-state index contributed by atoms with van der Waals surface area (Å²) in [6.07, 6.45) is -12.8. The van der Waals surface area contributed by atoms with E-state index >= 15 is 0 Å². The molecule has 0 aromatic carbocycles. The van der Waals surface area contributed by atoms with Crippen molar-refractivity contribution < 1.29 is 63.5 Å². The van der Waals surface area contributed by atoms with Gasteiger partial charge in [0.05, 0.1) is 19.3 Å². The zero-order valence-electron chi connectivity index (χ0n) is 24.2. The summed E-state index contributed by atoms with van der Waals surface area (Å²) in [5, 5.41) is 50.8. The quantitative estimate of drug-likeness (QED) is 0.0379. The monoisotopic (exact) mass is 632 g/mol. The van der Waals surface area contributed by atoms with Crippen molar-refractivity contribution in [3.05, 3.63) is 0 Å². The number of carbonyl (C=O) groups excluding carboxylic acids is 1. The van der Waals surface area contributed by atoms with Gasteiger partial charge in [-0.25, -0.2) is 10.2 Å². The molecule has 0 aromatic heterocycles. The normalized spacial score (nSPS) is 32.5. The summed E-state index contributed by atoms with van der Waals surface area (Å²) in [5.41, 5.74) is 12.3. The van der Waals surface area contributed by atoms with Gasteiger partial charge in [-0.05, 0) is 6.92 Å². The van der Waals surface area contributed by atoms with Crippen molar-refractivity contribution in [2.24, 2.45) is 17.5 Å². The lowest BCUT2D eigenvalue weighted by molar-refractivity contribution is -0.344. The summed E-state index contributed by atoms with van der Waals surface area (Å²) in [6, 6.07) is 0. The van der Waals surface area contributed by atoms with Crippen LogP contribution in [0.5, 0.6) is 0 Å². The molecule has 0 aliphatic carbocycles. The molecule has 16 N–H and O–H groups in total. The number of aliphatic hydroxyl groups is 4. The zero-order valence-corrected chi connectivity index (χ0v) is 24.2. The van der Waals surface area contributed by atoms with Crippen LogP contribution in [-0.4, -0.2) is 158 Å². The van der Waals surface area contributed by atoms with Gasteiger partial charge in [0.2, 0.25) is 0 Å². The van der Waals surface area contributed by atoms with Gasteiger partial charge < -0.3 is 54.0 Å². The van der Waals surface area contributed by atoms with Crippen LogP contribution in [0.3, 0.4) is 0 Å². The van der Waals surface area contributed by atoms with Crippen LogP contribution >= 0.6 is 0 Å². The van der Waals surface area contributed by atoms with E-state index in [4.69, 9.17) is 51.1 Å².